The van der Waals surface area contributed by atoms with Gasteiger partial charge in [0.1, 0.15) is 24.2 Å². The van der Waals surface area contributed by atoms with E-state index in [9.17, 15) is 19.6 Å². The molecule has 0 aliphatic rings. The van der Waals surface area contributed by atoms with Crippen molar-refractivity contribution in [3.8, 4) is 6.07 Å². The lowest BCUT2D eigenvalue weighted by atomic mass is 9.93. The maximum absolute atomic E-state index is 14.0. The highest BCUT2D eigenvalue weighted by atomic mass is 16.6. The molecule has 0 aliphatic heterocycles. The largest absolute Gasteiger partial charge is 0.444 e. The minimum atomic E-state index is -1.07. The van der Waals surface area contributed by atoms with E-state index >= 15 is 0 Å². The van der Waals surface area contributed by atoms with Crippen LogP contribution in [0.5, 0.6) is 0 Å². The number of benzene rings is 2. The molecule has 8 nitrogen and oxygen atoms in total. The molecule has 0 heterocycles. The Morgan fingerprint density at radius 2 is 1.74 bits per heavy atom. The third kappa shape index (κ3) is 8.62. The SMILES string of the molecule is CCC(C)C(NC(=O)OC(C)(C)C)C(=O)N(CC#N)C(C(=O)NCc1ccccc1)c1cc(C)ccc1C. The number of carbonyl (C=O) groups excluding carboxylic acids is 3. The summed E-state index contributed by atoms with van der Waals surface area (Å²) >= 11 is 0. The Morgan fingerprint density at radius 1 is 1.08 bits per heavy atom. The molecule has 0 bridgehead atoms. The quantitative estimate of drug-likeness (QED) is 0.431. The zero-order chi connectivity index (χ0) is 28.5. The molecule has 3 unspecified atom stereocenters. The van der Waals surface area contributed by atoms with Crippen molar-refractivity contribution < 1.29 is 19.1 Å². The molecular weight excluding hydrogens is 480 g/mol. The van der Waals surface area contributed by atoms with Crippen LogP contribution in [0.2, 0.25) is 0 Å². The number of aryl methyl sites for hydroxylation is 2. The van der Waals surface area contributed by atoms with Crippen molar-refractivity contribution in [3.05, 3.63) is 70.8 Å². The van der Waals surface area contributed by atoms with E-state index in [1.54, 1.807) is 20.8 Å². The van der Waals surface area contributed by atoms with Crippen LogP contribution in [0.4, 0.5) is 4.79 Å². The van der Waals surface area contributed by atoms with Crippen LogP contribution < -0.4 is 10.6 Å². The molecule has 0 saturated heterocycles. The number of amides is 3. The zero-order valence-corrected chi connectivity index (χ0v) is 23.5. The fourth-order valence-electron chi connectivity index (χ4n) is 4.06. The first kappa shape index (κ1) is 30.4. The normalized spacial score (nSPS) is 13.4. The maximum atomic E-state index is 14.0. The predicted octanol–water partition coefficient (Wildman–Crippen LogP) is 4.95. The maximum Gasteiger partial charge on any atom is 0.408 e. The molecule has 204 valence electrons. The second-order valence-electron chi connectivity index (χ2n) is 10.6. The van der Waals surface area contributed by atoms with Crippen LogP contribution in [0, 0.1) is 31.1 Å². The Balaban J connectivity index is 2.51. The summed E-state index contributed by atoms with van der Waals surface area (Å²) in [6.45, 7) is 12.7. The summed E-state index contributed by atoms with van der Waals surface area (Å²) in [5.74, 6) is -1.21. The van der Waals surface area contributed by atoms with E-state index in [4.69, 9.17) is 4.74 Å². The van der Waals surface area contributed by atoms with Crippen molar-refractivity contribution in [2.75, 3.05) is 6.54 Å². The number of hydrogen-bond donors (Lipinski definition) is 2. The molecule has 3 atom stereocenters. The van der Waals surface area contributed by atoms with Gasteiger partial charge in [0.25, 0.3) is 0 Å². The molecule has 38 heavy (non-hydrogen) atoms. The summed E-state index contributed by atoms with van der Waals surface area (Å²) in [6, 6.07) is 15.1. The lowest BCUT2D eigenvalue weighted by Gasteiger charge is -2.35. The molecule has 2 N–H and O–H groups in total. The number of nitrogens with one attached hydrogen (secondary N) is 2. The smallest absolute Gasteiger partial charge is 0.408 e. The minimum Gasteiger partial charge on any atom is -0.444 e. The molecule has 0 spiro atoms. The molecule has 0 saturated carbocycles. The molecule has 0 radical (unpaired) electrons. The Hall–Kier alpha value is -3.86. The summed E-state index contributed by atoms with van der Waals surface area (Å²) in [5, 5.41) is 15.4. The van der Waals surface area contributed by atoms with Gasteiger partial charge in [-0.05, 0) is 57.2 Å². The summed E-state index contributed by atoms with van der Waals surface area (Å²) in [4.78, 5) is 41.7. The van der Waals surface area contributed by atoms with Gasteiger partial charge in [0.2, 0.25) is 11.8 Å². The van der Waals surface area contributed by atoms with Gasteiger partial charge < -0.3 is 20.3 Å². The minimum absolute atomic E-state index is 0.264. The van der Waals surface area contributed by atoms with E-state index < -0.39 is 35.6 Å². The number of nitriles is 1. The van der Waals surface area contributed by atoms with Crippen molar-refractivity contribution in [1.82, 2.24) is 15.5 Å². The van der Waals surface area contributed by atoms with Gasteiger partial charge in [-0.1, -0.05) is 74.4 Å². The number of alkyl carbamates (subject to hydrolysis) is 1. The van der Waals surface area contributed by atoms with Crippen molar-refractivity contribution in [2.24, 2.45) is 5.92 Å². The zero-order valence-electron chi connectivity index (χ0n) is 23.5. The van der Waals surface area contributed by atoms with Crippen molar-refractivity contribution >= 4 is 17.9 Å². The van der Waals surface area contributed by atoms with Crippen LogP contribution in [0.3, 0.4) is 0 Å². The summed E-state index contributed by atoms with van der Waals surface area (Å²) in [5.41, 5.74) is 2.51. The number of rotatable bonds is 10. The highest BCUT2D eigenvalue weighted by Gasteiger charge is 2.38. The third-order valence-corrected chi connectivity index (χ3v) is 6.27. The predicted molar refractivity (Wildman–Crippen MR) is 147 cm³/mol. The Labute approximate surface area is 226 Å². The van der Waals surface area contributed by atoms with E-state index in [1.165, 1.54) is 4.90 Å². The van der Waals surface area contributed by atoms with Crippen LogP contribution in [0.15, 0.2) is 48.5 Å². The Morgan fingerprint density at radius 3 is 2.32 bits per heavy atom. The summed E-state index contributed by atoms with van der Waals surface area (Å²) in [6.07, 6.45) is -0.147. The third-order valence-electron chi connectivity index (χ3n) is 6.27. The number of nitrogens with zero attached hydrogens (tertiary/aromatic N) is 2. The first-order chi connectivity index (χ1) is 17.9. The highest BCUT2D eigenvalue weighted by Crippen LogP contribution is 2.28. The van der Waals surface area contributed by atoms with Crippen LogP contribution in [-0.4, -0.2) is 41.0 Å². The van der Waals surface area contributed by atoms with Crippen molar-refractivity contribution in [2.45, 2.75) is 79.1 Å². The highest BCUT2D eigenvalue weighted by molar-refractivity contribution is 5.92. The first-order valence-corrected chi connectivity index (χ1v) is 12.9. The molecular formula is C30H40N4O4. The second-order valence-corrected chi connectivity index (χ2v) is 10.6. The summed E-state index contributed by atoms with van der Waals surface area (Å²) < 4.78 is 5.40. The van der Waals surface area contributed by atoms with Crippen LogP contribution in [0.25, 0.3) is 0 Å². The van der Waals surface area contributed by atoms with Crippen molar-refractivity contribution in [3.63, 3.8) is 0 Å². The number of carbonyl (C=O) groups is 3. The van der Waals surface area contributed by atoms with Gasteiger partial charge in [0.05, 0.1) is 6.07 Å². The van der Waals surface area contributed by atoms with Gasteiger partial charge in [-0.15, -0.1) is 0 Å². The Bertz CT molecular complexity index is 1150. The number of hydrogen-bond acceptors (Lipinski definition) is 5. The standard InChI is InChI=1S/C30H40N4O4/c1-8-21(3)25(33-29(37)38-30(5,6)7)28(36)34(17-16-31)26(24-18-20(2)14-15-22(24)4)27(35)32-19-23-12-10-9-11-13-23/h9-15,18,21,25-26H,8,17,19H2,1-7H3,(H,32,35)(H,33,37). The fourth-order valence-corrected chi connectivity index (χ4v) is 4.06. The Kier molecular flexibility index (Phi) is 10.9. The molecule has 2 aromatic carbocycles. The molecule has 2 aromatic rings. The average molecular weight is 521 g/mol. The molecule has 3 amide bonds. The lowest BCUT2D eigenvalue weighted by Crippen LogP contribution is -2.55. The average Bonchev–Trinajstić information content (AvgIpc) is 2.86. The second kappa shape index (κ2) is 13.6. The lowest BCUT2D eigenvalue weighted by molar-refractivity contribution is -0.142. The van der Waals surface area contributed by atoms with Gasteiger partial charge in [0, 0.05) is 6.54 Å². The van der Waals surface area contributed by atoms with E-state index in [1.807, 2.05) is 82.3 Å². The molecule has 2 rings (SSSR count). The van der Waals surface area contributed by atoms with Gasteiger partial charge in [-0.25, -0.2) is 4.79 Å². The molecule has 8 heteroatoms. The topological polar surface area (TPSA) is 112 Å². The van der Waals surface area contributed by atoms with Gasteiger partial charge in [0.15, 0.2) is 0 Å². The van der Waals surface area contributed by atoms with E-state index in [-0.39, 0.29) is 19.0 Å². The van der Waals surface area contributed by atoms with Gasteiger partial charge in [-0.2, -0.15) is 5.26 Å². The van der Waals surface area contributed by atoms with Gasteiger partial charge >= 0.3 is 6.09 Å². The number of ether oxygens (including phenoxy) is 1. The first-order valence-electron chi connectivity index (χ1n) is 12.9. The van der Waals surface area contributed by atoms with Crippen LogP contribution in [0.1, 0.15) is 69.3 Å². The fraction of sp³-hybridized carbons (Fsp3) is 0.467. The summed E-state index contributed by atoms with van der Waals surface area (Å²) in [7, 11) is 0. The molecule has 0 aliphatic carbocycles. The van der Waals surface area contributed by atoms with Crippen molar-refractivity contribution in [1.29, 1.82) is 5.26 Å². The molecule has 0 aromatic heterocycles. The van der Waals surface area contributed by atoms with Crippen LogP contribution >= 0.6 is 0 Å². The monoisotopic (exact) mass is 520 g/mol. The van der Waals surface area contributed by atoms with E-state index in [0.717, 1.165) is 16.7 Å². The van der Waals surface area contributed by atoms with Gasteiger partial charge in [-0.3, -0.25) is 9.59 Å². The van der Waals surface area contributed by atoms with Crippen LogP contribution in [-0.2, 0) is 20.9 Å². The molecule has 0 fully saturated rings. The van der Waals surface area contributed by atoms with E-state index in [0.29, 0.717) is 12.0 Å². The van der Waals surface area contributed by atoms with E-state index in [2.05, 4.69) is 10.6 Å².